The number of phenolic OH excluding ortho intramolecular Hbond substituents is 1. The van der Waals surface area contributed by atoms with Crippen molar-refractivity contribution < 1.29 is 14.6 Å². The Morgan fingerprint density at radius 3 is 2.32 bits per heavy atom. The number of fused-ring (bicyclic) bond motifs is 1. The van der Waals surface area contributed by atoms with Crippen LogP contribution in [0.3, 0.4) is 0 Å². The molecular weight excluding hydrogens is 284 g/mol. The van der Waals surface area contributed by atoms with E-state index in [4.69, 9.17) is 9.47 Å². The van der Waals surface area contributed by atoms with Crippen molar-refractivity contribution in [3.05, 3.63) is 46.8 Å². The van der Waals surface area contributed by atoms with E-state index in [2.05, 4.69) is 9.97 Å². The number of nitrogens with zero attached hydrogens (tertiary/aromatic N) is 1. The molecule has 3 rings (SSSR count). The largest absolute Gasteiger partial charge is 0.508 e. The summed E-state index contributed by atoms with van der Waals surface area (Å²) in [6, 6.07) is 9.69. The molecule has 0 atom stereocenters. The number of H-pyrrole nitrogens is 1. The van der Waals surface area contributed by atoms with Gasteiger partial charge in [0.15, 0.2) is 11.5 Å². The highest BCUT2D eigenvalue weighted by atomic mass is 16.5. The maximum Gasteiger partial charge on any atom is 0.259 e. The highest BCUT2D eigenvalue weighted by molar-refractivity contribution is 5.83. The monoisotopic (exact) mass is 298 g/mol. The Balaban J connectivity index is 2.23. The van der Waals surface area contributed by atoms with Crippen LogP contribution in [0.15, 0.2) is 41.2 Å². The molecule has 0 aliphatic rings. The van der Waals surface area contributed by atoms with Gasteiger partial charge in [0.2, 0.25) is 0 Å². The molecule has 22 heavy (non-hydrogen) atoms. The molecule has 1 heterocycles. The molecule has 0 aliphatic carbocycles. The molecule has 6 nitrogen and oxygen atoms in total. The molecule has 0 saturated heterocycles. The number of aromatic amines is 1. The number of benzene rings is 2. The van der Waals surface area contributed by atoms with Gasteiger partial charge in [-0.3, -0.25) is 4.79 Å². The molecule has 0 spiro atoms. The molecular formula is C16H14N2O4. The second-order valence-electron chi connectivity index (χ2n) is 4.69. The van der Waals surface area contributed by atoms with Gasteiger partial charge < -0.3 is 19.6 Å². The average molecular weight is 298 g/mol. The lowest BCUT2D eigenvalue weighted by Gasteiger charge is -2.09. The first-order chi connectivity index (χ1) is 10.6. The fourth-order valence-corrected chi connectivity index (χ4v) is 2.22. The fourth-order valence-electron chi connectivity index (χ4n) is 2.22. The average Bonchev–Trinajstić information content (AvgIpc) is 2.54. The summed E-state index contributed by atoms with van der Waals surface area (Å²) in [6.07, 6.45) is 0. The van der Waals surface area contributed by atoms with Crippen molar-refractivity contribution in [2.24, 2.45) is 0 Å². The molecule has 112 valence electrons. The Hall–Kier alpha value is -3.02. The number of phenols is 1. The fraction of sp³-hybridized carbons (Fsp3) is 0.125. The molecule has 2 aromatic carbocycles. The molecule has 0 saturated carbocycles. The Labute approximate surface area is 126 Å². The summed E-state index contributed by atoms with van der Waals surface area (Å²) in [5, 5.41) is 9.75. The highest BCUT2D eigenvalue weighted by Gasteiger charge is 2.11. The van der Waals surface area contributed by atoms with Crippen LogP contribution in [0.4, 0.5) is 0 Å². The lowest BCUT2D eigenvalue weighted by Crippen LogP contribution is -2.10. The van der Waals surface area contributed by atoms with Crippen LogP contribution in [0.2, 0.25) is 0 Å². The van der Waals surface area contributed by atoms with Crippen LogP contribution in [0.5, 0.6) is 17.2 Å². The smallest absolute Gasteiger partial charge is 0.259 e. The third-order valence-electron chi connectivity index (χ3n) is 3.35. The third kappa shape index (κ3) is 2.35. The second-order valence-corrected chi connectivity index (χ2v) is 4.69. The summed E-state index contributed by atoms with van der Waals surface area (Å²) < 4.78 is 10.4. The van der Waals surface area contributed by atoms with Gasteiger partial charge in [0, 0.05) is 11.6 Å². The zero-order chi connectivity index (χ0) is 15.7. The van der Waals surface area contributed by atoms with E-state index in [9.17, 15) is 9.90 Å². The quantitative estimate of drug-likeness (QED) is 0.775. The van der Waals surface area contributed by atoms with Gasteiger partial charge in [0.25, 0.3) is 5.56 Å². The van der Waals surface area contributed by atoms with Crippen molar-refractivity contribution in [1.82, 2.24) is 9.97 Å². The number of methoxy groups -OCH3 is 2. The van der Waals surface area contributed by atoms with E-state index in [0.717, 1.165) is 0 Å². The summed E-state index contributed by atoms with van der Waals surface area (Å²) in [5.41, 5.74) is 0.935. The third-order valence-corrected chi connectivity index (χ3v) is 3.35. The van der Waals surface area contributed by atoms with Gasteiger partial charge in [0.1, 0.15) is 11.6 Å². The number of rotatable bonds is 3. The number of nitrogens with one attached hydrogen (secondary N) is 1. The van der Waals surface area contributed by atoms with Crippen molar-refractivity contribution in [3.8, 4) is 28.6 Å². The number of hydrogen-bond donors (Lipinski definition) is 2. The molecule has 2 N–H and O–H groups in total. The molecule has 0 radical (unpaired) electrons. The van der Waals surface area contributed by atoms with Crippen LogP contribution in [0.1, 0.15) is 0 Å². The molecule has 0 unspecified atom stereocenters. The SMILES string of the molecule is COc1cc2nc(-c3ccc(O)cc3)[nH]c(=O)c2cc1OC. The zero-order valence-electron chi connectivity index (χ0n) is 12.1. The van der Waals surface area contributed by atoms with Crippen molar-refractivity contribution in [2.45, 2.75) is 0 Å². The Bertz CT molecular complexity index is 885. The predicted molar refractivity (Wildman–Crippen MR) is 82.6 cm³/mol. The minimum absolute atomic E-state index is 0.151. The number of ether oxygens (including phenoxy) is 2. The predicted octanol–water partition coefficient (Wildman–Crippen LogP) is 2.31. The first-order valence-corrected chi connectivity index (χ1v) is 6.58. The number of hydrogen-bond acceptors (Lipinski definition) is 5. The molecule has 3 aromatic rings. The zero-order valence-corrected chi connectivity index (χ0v) is 12.1. The summed E-state index contributed by atoms with van der Waals surface area (Å²) in [5.74, 6) is 1.55. The van der Waals surface area contributed by atoms with Gasteiger partial charge in [0.05, 0.1) is 25.1 Å². The van der Waals surface area contributed by atoms with E-state index in [-0.39, 0.29) is 11.3 Å². The number of aromatic hydroxyl groups is 1. The van der Waals surface area contributed by atoms with Crippen LogP contribution in [0.25, 0.3) is 22.3 Å². The minimum atomic E-state index is -0.269. The molecule has 6 heteroatoms. The van der Waals surface area contributed by atoms with Gasteiger partial charge in [-0.2, -0.15) is 0 Å². The minimum Gasteiger partial charge on any atom is -0.508 e. The van der Waals surface area contributed by atoms with Gasteiger partial charge in [-0.25, -0.2) is 4.98 Å². The van der Waals surface area contributed by atoms with Gasteiger partial charge >= 0.3 is 0 Å². The van der Waals surface area contributed by atoms with Gasteiger partial charge in [-0.1, -0.05) is 0 Å². The Morgan fingerprint density at radius 2 is 1.68 bits per heavy atom. The van der Waals surface area contributed by atoms with Crippen molar-refractivity contribution >= 4 is 10.9 Å². The van der Waals surface area contributed by atoms with Crippen molar-refractivity contribution in [1.29, 1.82) is 0 Å². The standard InChI is InChI=1S/C16H14N2O4/c1-21-13-7-11-12(8-14(13)22-2)17-15(18-16(11)20)9-3-5-10(19)6-4-9/h3-8,19H,1-2H3,(H,17,18,20). The van der Waals surface area contributed by atoms with Crippen molar-refractivity contribution in [3.63, 3.8) is 0 Å². The normalized spacial score (nSPS) is 10.6. The molecule has 0 fully saturated rings. The Morgan fingerprint density at radius 1 is 1.05 bits per heavy atom. The summed E-state index contributed by atoms with van der Waals surface area (Å²) in [6.45, 7) is 0. The maximum atomic E-state index is 12.3. The van der Waals surface area contributed by atoms with E-state index in [1.165, 1.54) is 26.4 Å². The first-order valence-electron chi connectivity index (χ1n) is 6.58. The van der Waals surface area contributed by atoms with E-state index in [0.29, 0.717) is 33.8 Å². The van der Waals surface area contributed by atoms with E-state index >= 15 is 0 Å². The van der Waals surface area contributed by atoms with Crippen LogP contribution < -0.4 is 15.0 Å². The van der Waals surface area contributed by atoms with Crippen molar-refractivity contribution in [2.75, 3.05) is 14.2 Å². The molecule has 0 amide bonds. The lowest BCUT2D eigenvalue weighted by molar-refractivity contribution is 0.355. The number of aromatic nitrogens is 2. The van der Waals surface area contributed by atoms with Gasteiger partial charge in [-0.05, 0) is 30.3 Å². The van der Waals surface area contributed by atoms with Crippen LogP contribution in [-0.4, -0.2) is 29.3 Å². The topological polar surface area (TPSA) is 84.4 Å². The molecule has 0 aliphatic heterocycles. The van der Waals surface area contributed by atoms with Crippen LogP contribution in [0, 0.1) is 0 Å². The summed E-state index contributed by atoms with van der Waals surface area (Å²) in [4.78, 5) is 19.4. The summed E-state index contributed by atoms with van der Waals surface area (Å²) in [7, 11) is 3.04. The Kier molecular flexibility index (Phi) is 3.42. The second kappa shape index (κ2) is 5.40. The lowest BCUT2D eigenvalue weighted by atomic mass is 10.1. The maximum absolute atomic E-state index is 12.3. The molecule has 0 bridgehead atoms. The van der Waals surface area contributed by atoms with E-state index in [1.54, 1.807) is 24.3 Å². The molecule has 1 aromatic heterocycles. The van der Waals surface area contributed by atoms with Crippen LogP contribution in [-0.2, 0) is 0 Å². The highest BCUT2D eigenvalue weighted by Crippen LogP contribution is 2.30. The van der Waals surface area contributed by atoms with E-state index in [1.807, 2.05) is 0 Å². The van der Waals surface area contributed by atoms with Crippen LogP contribution >= 0.6 is 0 Å². The summed E-state index contributed by atoms with van der Waals surface area (Å²) >= 11 is 0. The van der Waals surface area contributed by atoms with Gasteiger partial charge in [-0.15, -0.1) is 0 Å². The van der Waals surface area contributed by atoms with E-state index < -0.39 is 0 Å². The first kappa shape index (κ1) is 13.9.